The molecule has 20 heavy (non-hydrogen) atoms. The highest BCUT2D eigenvalue weighted by molar-refractivity contribution is 7.09. The molecular weight excluding hydrogens is 268 g/mol. The second kappa shape index (κ2) is 6.70. The van der Waals surface area contributed by atoms with Crippen LogP contribution in [0, 0.1) is 6.92 Å². The Kier molecular flexibility index (Phi) is 4.95. The van der Waals surface area contributed by atoms with Crippen LogP contribution in [-0.4, -0.2) is 24.1 Å². The van der Waals surface area contributed by atoms with Gasteiger partial charge in [0.25, 0.3) is 0 Å². The smallest absolute Gasteiger partial charge is 0.137 e. The SMILES string of the molecule is CCCc1nc(NC)c(C)c(N(C)Cc2cccs2)n1. The van der Waals surface area contributed by atoms with Crippen molar-refractivity contribution in [3.05, 3.63) is 33.8 Å². The molecule has 2 aromatic rings. The third kappa shape index (κ3) is 3.28. The minimum atomic E-state index is 0.879. The third-order valence-electron chi connectivity index (χ3n) is 3.21. The molecule has 2 aromatic heterocycles. The summed E-state index contributed by atoms with van der Waals surface area (Å²) in [6.45, 7) is 5.10. The van der Waals surface area contributed by atoms with Gasteiger partial charge in [-0.3, -0.25) is 0 Å². The highest BCUT2D eigenvalue weighted by Gasteiger charge is 2.14. The number of thiophene rings is 1. The molecule has 5 heteroatoms. The zero-order chi connectivity index (χ0) is 14.5. The molecule has 0 amide bonds. The number of nitrogens with one attached hydrogen (secondary N) is 1. The predicted octanol–water partition coefficient (Wildman–Crippen LogP) is 3.48. The van der Waals surface area contributed by atoms with E-state index in [1.807, 2.05) is 7.05 Å². The molecule has 0 aliphatic carbocycles. The molecule has 0 saturated heterocycles. The molecule has 4 nitrogen and oxygen atoms in total. The molecule has 1 N–H and O–H groups in total. The van der Waals surface area contributed by atoms with Gasteiger partial charge in [0.05, 0.1) is 6.54 Å². The minimum Gasteiger partial charge on any atom is -0.373 e. The van der Waals surface area contributed by atoms with Gasteiger partial charge in [-0.1, -0.05) is 13.0 Å². The quantitative estimate of drug-likeness (QED) is 0.884. The maximum atomic E-state index is 4.73. The molecule has 0 unspecified atom stereocenters. The van der Waals surface area contributed by atoms with Gasteiger partial charge in [-0.05, 0) is 24.8 Å². The average molecular weight is 290 g/mol. The average Bonchev–Trinajstić information content (AvgIpc) is 2.93. The fourth-order valence-corrected chi connectivity index (χ4v) is 2.97. The Morgan fingerprint density at radius 2 is 2.15 bits per heavy atom. The zero-order valence-electron chi connectivity index (χ0n) is 12.6. The zero-order valence-corrected chi connectivity index (χ0v) is 13.4. The lowest BCUT2D eigenvalue weighted by Gasteiger charge is -2.21. The summed E-state index contributed by atoms with van der Waals surface area (Å²) in [5.74, 6) is 2.85. The number of anilines is 2. The fraction of sp³-hybridized carbons (Fsp3) is 0.467. The fourth-order valence-electron chi connectivity index (χ4n) is 2.21. The Bertz CT molecular complexity index is 551. The van der Waals surface area contributed by atoms with Crippen molar-refractivity contribution in [3.63, 3.8) is 0 Å². The minimum absolute atomic E-state index is 0.879. The second-order valence-corrected chi connectivity index (χ2v) is 5.90. The highest BCUT2D eigenvalue weighted by Crippen LogP contribution is 2.25. The monoisotopic (exact) mass is 290 g/mol. The first-order valence-electron chi connectivity index (χ1n) is 6.94. The largest absolute Gasteiger partial charge is 0.373 e. The topological polar surface area (TPSA) is 41.1 Å². The maximum Gasteiger partial charge on any atom is 0.137 e. The molecule has 0 aromatic carbocycles. The van der Waals surface area contributed by atoms with Crippen LogP contribution < -0.4 is 10.2 Å². The molecule has 2 rings (SSSR count). The molecular formula is C15H22N4S. The number of aryl methyl sites for hydroxylation is 1. The van der Waals surface area contributed by atoms with E-state index in [9.17, 15) is 0 Å². The summed E-state index contributed by atoms with van der Waals surface area (Å²) in [4.78, 5) is 12.8. The third-order valence-corrected chi connectivity index (χ3v) is 4.07. The predicted molar refractivity (Wildman–Crippen MR) is 86.7 cm³/mol. The van der Waals surface area contributed by atoms with Crippen LogP contribution >= 0.6 is 11.3 Å². The van der Waals surface area contributed by atoms with E-state index in [1.54, 1.807) is 11.3 Å². The molecule has 0 bridgehead atoms. The van der Waals surface area contributed by atoms with E-state index in [0.717, 1.165) is 42.4 Å². The summed E-state index contributed by atoms with van der Waals surface area (Å²) in [6.07, 6.45) is 1.97. The van der Waals surface area contributed by atoms with Crippen molar-refractivity contribution >= 4 is 23.0 Å². The summed E-state index contributed by atoms with van der Waals surface area (Å²) >= 11 is 1.78. The van der Waals surface area contributed by atoms with Crippen molar-refractivity contribution < 1.29 is 0 Å². The molecule has 0 atom stereocenters. The van der Waals surface area contributed by atoms with Crippen LogP contribution in [0.2, 0.25) is 0 Å². The summed E-state index contributed by atoms with van der Waals surface area (Å²) in [6, 6.07) is 4.24. The summed E-state index contributed by atoms with van der Waals surface area (Å²) in [5.41, 5.74) is 1.10. The van der Waals surface area contributed by atoms with E-state index < -0.39 is 0 Å². The normalized spacial score (nSPS) is 10.6. The van der Waals surface area contributed by atoms with E-state index in [1.165, 1.54) is 4.88 Å². The molecule has 0 radical (unpaired) electrons. The van der Waals surface area contributed by atoms with E-state index in [4.69, 9.17) is 4.98 Å². The van der Waals surface area contributed by atoms with Crippen molar-refractivity contribution in [2.24, 2.45) is 0 Å². The Hall–Kier alpha value is -1.62. The van der Waals surface area contributed by atoms with Gasteiger partial charge in [0.2, 0.25) is 0 Å². The number of hydrogen-bond acceptors (Lipinski definition) is 5. The number of hydrogen-bond donors (Lipinski definition) is 1. The lowest BCUT2D eigenvalue weighted by Crippen LogP contribution is -2.20. The molecule has 108 valence electrons. The van der Waals surface area contributed by atoms with Crippen LogP contribution in [0.25, 0.3) is 0 Å². The van der Waals surface area contributed by atoms with Gasteiger partial charge in [-0.25, -0.2) is 9.97 Å². The summed E-state index contributed by atoms with van der Waals surface area (Å²) < 4.78 is 0. The Balaban J connectivity index is 2.30. The second-order valence-electron chi connectivity index (χ2n) is 4.87. The van der Waals surface area contributed by atoms with Crippen molar-refractivity contribution in [2.75, 3.05) is 24.3 Å². The van der Waals surface area contributed by atoms with Gasteiger partial charge in [-0.15, -0.1) is 11.3 Å². The van der Waals surface area contributed by atoms with Gasteiger partial charge in [-0.2, -0.15) is 0 Å². The number of rotatable bonds is 6. The highest BCUT2D eigenvalue weighted by atomic mass is 32.1. The molecule has 2 heterocycles. The molecule has 0 aliphatic heterocycles. The van der Waals surface area contributed by atoms with Crippen LogP contribution in [0.5, 0.6) is 0 Å². The molecule has 0 saturated carbocycles. The van der Waals surface area contributed by atoms with E-state index in [-0.39, 0.29) is 0 Å². The van der Waals surface area contributed by atoms with Crippen LogP contribution in [0.15, 0.2) is 17.5 Å². The molecule has 0 spiro atoms. The van der Waals surface area contributed by atoms with Crippen molar-refractivity contribution in [3.8, 4) is 0 Å². The van der Waals surface area contributed by atoms with E-state index >= 15 is 0 Å². The van der Waals surface area contributed by atoms with E-state index in [0.29, 0.717) is 0 Å². The summed E-state index contributed by atoms with van der Waals surface area (Å²) in [7, 11) is 4.00. The van der Waals surface area contributed by atoms with Crippen LogP contribution in [0.1, 0.15) is 29.6 Å². The maximum absolute atomic E-state index is 4.73. The van der Waals surface area contributed by atoms with Gasteiger partial charge >= 0.3 is 0 Å². The van der Waals surface area contributed by atoms with Crippen LogP contribution in [-0.2, 0) is 13.0 Å². The van der Waals surface area contributed by atoms with E-state index in [2.05, 4.69) is 53.6 Å². The molecule has 0 fully saturated rings. The summed E-state index contributed by atoms with van der Waals surface area (Å²) in [5, 5.41) is 5.28. The standard InChI is InChI=1S/C15H22N4S/c1-5-7-13-17-14(16-3)11(2)15(18-13)19(4)10-12-8-6-9-20-12/h6,8-9H,5,7,10H2,1-4H3,(H,16,17,18). The molecule has 0 aliphatic rings. The first-order valence-corrected chi connectivity index (χ1v) is 7.82. The Morgan fingerprint density at radius 1 is 1.35 bits per heavy atom. The number of nitrogens with zero attached hydrogens (tertiary/aromatic N) is 3. The van der Waals surface area contributed by atoms with Gasteiger partial charge < -0.3 is 10.2 Å². The van der Waals surface area contributed by atoms with Gasteiger partial charge in [0.1, 0.15) is 17.5 Å². The van der Waals surface area contributed by atoms with Crippen molar-refractivity contribution in [2.45, 2.75) is 33.2 Å². The van der Waals surface area contributed by atoms with Gasteiger partial charge in [0, 0.05) is 31.0 Å². The van der Waals surface area contributed by atoms with Gasteiger partial charge in [0.15, 0.2) is 0 Å². The Labute approximate surface area is 124 Å². The lowest BCUT2D eigenvalue weighted by molar-refractivity contribution is 0.810. The first kappa shape index (κ1) is 14.8. The van der Waals surface area contributed by atoms with Crippen molar-refractivity contribution in [1.82, 2.24) is 9.97 Å². The Morgan fingerprint density at radius 3 is 2.75 bits per heavy atom. The number of aromatic nitrogens is 2. The van der Waals surface area contributed by atoms with Crippen LogP contribution in [0.4, 0.5) is 11.6 Å². The van der Waals surface area contributed by atoms with Crippen molar-refractivity contribution in [1.29, 1.82) is 0 Å². The first-order chi connectivity index (χ1) is 9.65. The lowest BCUT2D eigenvalue weighted by atomic mass is 10.2. The van der Waals surface area contributed by atoms with Crippen LogP contribution in [0.3, 0.4) is 0 Å².